The second-order valence-corrected chi connectivity index (χ2v) is 6.55. The Bertz CT molecular complexity index is 550. The second kappa shape index (κ2) is 11.8. The smallest absolute Gasteiger partial charge is 0.414 e. The van der Waals surface area contributed by atoms with E-state index in [2.05, 4.69) is 45.2 Å². The number of aryl methyl sites for hydroxylation is 1. The van der Waals surface area contributed by atoms with Crippen molar-refractivity contribution in [3.8, 4) is 5.75 Å². The molecule has 0 aromatic heterocycles. The number of halogens is 1. The molecule has 2 rings (SSSR count). The van der Waals surface area contributed by atoms with Gasteiger partial charge >= 0.3 is 11.9 Å². The normalized spacial score (nSPS) is 14.3. The van der Waals surface area contributed by atoms with Gasteiger partial charge < -0.3 is 25.2 Å². The van der Waals surface area contributed by atoms with E-state index in [0.29, 0.717) is 0 Å². The molecule has 1 aliphatic heterocycles. The first-order valence-electron chi connectivity index (χ1n) is 8.18. The van der Waals surface area contributed by atoms with E-state index < -0.39 is 11.9 Å². The van der Waals surface area contributed by atoms with Gasteiger partial charge in [-0.05, 0) is 59.9 Å². The third-order valence-electron chi connectivity index (χ3n) is 3.61. The molecular formula is C17H25BrN2O5. The Morgan fingerprint density at radius 2 is 1.84 bits per heavy atom. The van der Waals surface area contributed by atoms with Crippen molar-refractivity contribution in [2.24, 2.45) is 0 Å². The Hall–Kier alpha value is -1.64. The third kappa shape index (κ3) is 9.42. The fourth-order valence-corrected chi connectivity index (χ4v) is 2.88. The molecule has 1 heterocycles. The van der Waals surface area contributed by atoms with E-state index in [1.54, 1.807) is 0 Å². The molecule has 0 saturated carbocycles. The van der Waals surface area contributed by atoms with Crippen LogP contribution in [0.25, 0.3) is 0 Å². The van der Waals surface area contributed by atoms with Crippen LogP contribution in [0.5, 0.6) is 5.75 Å². The highest BCUT2D eigenvalue weighted by Crippen LogP contribution is 2.25. The maximum atomic E-state index is 9.10. The van der Waals surface area contributed by atoms with Crippen LogP contribution in [-0.2, 0) is 9.59 Å². The lowest BCUT2D eigenvalue weighted by molar-refractivity contribution is -0.159. The van der Waals surface area contributed by atoms with Crippen LogP contribution in [0.3, 0.4) is 0 Å². The molecule has 7 nitrogen and oxygen atoms in total. The van der Waals surface area contributed by atoms with E-state index in [-0.39, 0.29) is 0 Å². The number of carboxylic acids is 2. The van der Waals surface area contributed by atoms with Crippen molar-refractivity contribution in [2.75, 3.05) is 39.3 Å². The van der Waals surface area contributed by atoms with Crippen molar-refractivity contribution in [3.05, 3.63) is 28.2 Å². The lowest BCUT2D eigenvalue weighted by Crippen LogP contribution is -2.43. The quantitative estimate of drug-likeness (QED) is 0.481. The molecule has 140 valence electrons. The summed E-state index contributed by atoms with van der Waals surface area (Å²) >= 11 is 3.54. The number of unbranched alkanes of at least 4 members (excludes halogenated alkanes) is 1. The Morgan fingerprint density at radius 1 is 1.20 bits per heavy atom. The van der Waals surface area contributed by atoms with Crippen molar-refractivity contribution < 1.29 is 24.5 Å². The topological polar surface area (TPSA) is 99.1 Å². The number of rotatable bonds is 6. The predicted molar refractivity (Wildman–Crippen MR) is 98.2 cm³/mol. The van der Waals surface area contributed by atoms with E-state index in [0.717, 1.165) is 36.3 Å². The number of ether oxygens (including phenoxy) is 1. The van der Waals surface area contributed by atoms with E-state index in [9.17, 15) is 0 Å². The molecule has 0 radical (unpaired) electrons. The van der Waals surface area contributed by atoms with E-state index in [4.69, 9.17) is 24.5 Å². The van der Waals surface area contributed by atoms with Crippen molar-refractivity contribution in [1.82, 2.24) is 10.2 Å². The average Bonchev–Trinajstić information content (AvgIpc) is 2.58. The van der Waals surface area contributed by atoms with Gasteiger partial charge in [0, 0.05) is 26.2 Å². The zero-order valence-corrected chi connectivity index (χ0v) is 15.9. The summed E-state index contributed by atoms with van der Waals surface area (Å²) in [5, 5.41) is 18.2. The number of carbonyl (C=O) groups is 2. The first-order chi connectivity index (χ1) is 11.9. The molecule has 1 aliphatic rings. The van der Waals surface area contributed by atoms with Crippen LogP contribution in [0.2, 0.25) is 0 Å². The number of hydrogen-bond acceptors (Lipinski definition) is 5. The standard InChI is InChI=1S/C15H23BrN2O.C2H2O4/c1-13-4-5-15(14(16)12-13)19-11-3-2-8-18-9-6-17-7-10-18;3-1(4)2(5)6/h4-5,12,17H,2-3,6-11H2,1H3;(H,3,4)(H,5,6). The minimum atomic E-state index is -1.82. The summed E-state index contributed by atoms with van der Waals surface area (Å²) in [7, 11) is 0. The van der Waals surface area contributed by atoms with Crippen molar-refractivity contribution >= 4 is 27.9 Å². The van der Waals surface area contributed by atoms with E-state index in [1.807, 2.05) is 6.07 Å². The lowest BCUT2D eigenvalue weighted by atomic mass is 10.2. The summed E-state index contributed by atoms with van der Waals surface area (Å²) in [4.78, 5) is 20.7. The molecule has 1 fully saturated rings. The molecule has 0 unspecified atom stereocenters. The second-order valence-electron chi connectivity index (χ2n) is 5.69. The Balaban J connectivity index is 0.000000450. The van der Waals surface area contributed by atoms with Crippen molar-refractivity contribution in [3.63, 3.8) is 0 Å². The lowest BCUT2D eigenvalue weighted by Gasteiger charge is -2.27. The molecule has 8 heteroatoms. The molecule has 0 aliphatic carbocycles. The van der Waals surface area contributed by atoms with Crippen LogP contribution in [0, 0.1) is 6.92 Å². The van der Waals surface area contributed by atoms with Gasteiger partial charge in [0.1, 0.15) is 5.75 Å². The highest BCUT2D eigenvalue weighted by molar-refractivity contribution is 9.10. The van der Waals surface area contributed by atoms with Gasteiger partial charge in [-0.1, -0.05) is 6.07 Å². The molecule has 3 N–H and O–H groups in total. The number of nitrogens with one attached hydrogen (secondary N) is 1. The first kappa shape index (κ1) is 21.4. The van der Waals surface area contributed by atoms with Gasteiger partial charge in [0.25, 0.3) is 0 Å². The SMILES string of the molecule is Cc1ccc(OCCCCN2CCNCC2)c(Br)c1.O=C(O)C(=O)O. The van der Waals surface area contributed by atoms with Gasteiger partial charge in [0.2, 0.25) is 0 Å². The summed E-state index contributed by atoms with van der Waals surface area (Å²) in [5.74, 6) is -2.70. The van der Waals surface area contributed by atoms with Crippen LogP contribution >= 0.6 is 15.9 Å². The zero-order chi connectivity index (χ0) is 18.7. The number of hydrogen-bond donors (Lipinski definition) is 3. The molecule has 25 heavy (non-hydrogen) atoms. The molecule has 1 saturated heterocycles. The number of carboxylic acid groups (broad SMARTS) is 2. The fourth-order valence-electron chi connectivity index (χ4n) is 2.28. The minimum absolute atomic E-state index is 0.799. The van der Waals surface area contributed by atoms with Gasteiger partial charge in [-0.3, -0.25) is 0 Å². The van der Waals surface area contributed by atoms with E-state index in [1.165, 1.54) is 31.6 Å². The van der Waals surface area contributed by atoms with Crippen LogP contribution in [0.4, 0.5) is 0 Å². The summed E-state index contributed by atoms with van der Waals surface area (Å²) in [6.07, 6.45) is 2.33. The Morgan fingerprint density at radius 3 is 2.40 bits per heavy atom. The van der Waals surface area contributed by atoms with Crippen molar-refractivity contribution in [1.29, 1.82) is 0 Å². The minimum Gasteiger partial charge on any atom is -0.492 e. The largest absolute Gasteiger partial charge is 0.492 e. The fraction of sp³-hybridized carbons (Fsp3) is 0.529. The summed E-state index contributed by atoms with van der Waals surface area (Å²) in [6, 6.07) is 6.21. The maximum absolute atomic E-state index is 9.10. The molecule has 1 aromatic rings. The van der Waals surface area contributed by atoms with E-state index >= 15 is 0 Å². The van der Waals surface area contributed by atoms with Crippen LogP contribution < -0.4 is 10.1 Å². The monoisotopic (exact) mass is 416 g/mol. The predicted octanol–water partition coefficient (Wildman–Crippen LogP) is 1.98. The molecule has 0 atom stereocenters. The van der Waals surface area contributed by atoms with Crippen molar-refractivity contribution in [2.45, 2.75) is 19.8 Å². The highest BCUT2D eigenvalue weighted by atomic mass is 79.9. The van der Waals surface area contributed by atoms with Gasteiger partial charge in [-0.2, -0.15) is 0 Å². The summed E-state index contributed by atoms with van der Waals surface area (Å²) in [5.41, 5.74) is 1.25. The molecule has 1 aromatic carbocycles. The van der Waals surface area contributed by atoms with Gasteiger partial charge in [0.15, 0.2) is 0 Å². The third-order valence-corrected chi connectivity index (χ3v) is 4.23. The summed E-state index contributed by atoms with van der Waals surface area (Å²) in [6.45, 7) is 8.71. The zero-order valence-electron chi connectivity index (χ0n) is 14.3. The Labute approximate surface area is 156 Å². The van der Waals surface area contributed by atoms with Crippen LogP contribution in [0.15, 0.2) is 22.7 Å². The molecule has 0 bridgehead atoms. The maximum Gasteiger partial charge on any atom is 0.414 e. The van der Waals surface area contributed by atoms with Gasteiger partial charge in [-0.15, -0.1) is 0 Å². The molecule has 0 spiro atoms. The van der Waals surface area contributed by atoms with Crippen LogP contribution in [0.1, 0.15) is 18.4 Å². The molecular weight excluding hydrogens is 392 g/mol. The Kier molecular flexibility index (Phi) is 10.1. The van der Waals surface area contributed by atoms with Crippen LogP contribution in [-0.4, -0.2) is 66.4 Å². The number of nitrogens with zero attached hydrogens (tertiary/aromatic N) is 1. The van der Waals surface area contributed by atoms with Gasteiger partial charge in [0.05, 0.1) is 11.1 Å². The summed E-state index contributed by atoms with van der Waals surface area (Å²) < 4.78 is 6.85. The first-order valence-corrected chi connectivity index (χ1v) is 8.97. The number of benzene rings is 1. The number of aliphatic carboxylic acids is 2. The molecule has 0 amide bonds. The highest BCUT2D eigenvalue weighted by Gasteiger charge is 2.08. The number of piperazine rings is 1. The average molecular weight is 417 g/mol. The van der Waals surface area contributed by atoms with Gasteiger partial charge in [-0.25, -0.2) is 9.59 Å².